The Kier molecular flexibility index (Phi) is 6.32. The third-order valence-corrected chi connectivity index (χ3v) is 5.67. The molecule has 1 aromatic heterocycles. The number of hydrogen-bond donors (Lipinski definition) is 1. The van der Waals surface area contributed by atoms with Gasteiger partial charge in [0.15, 0.2) is 0 Å². The van der Waals surface area contributed by atoms with Gasteiger partial charge < -0.3 is 19.1 Å². The van der Waals surface area contributed by atoms with Crippen LogP contribution >= 0.6 is 15.9 Å². The Balaban J connectivity index is 1.74. The van der Waals surface area contributed by atoms with Crippen LogP contribution in [0.1, 0.15) is 21.6 Å². The molecule has 3 aromatic carbocycles. The number of carboxylic acid groups (broad SMARTS) is 1. The van der Waals surface area contributed by atoms with Gasteiger partial charge in [0.25, 0.3) is 0 Å². The summed E-state index contributed by atoms with van der Waals surface area (Å²) in [5.41, 5.74) is 4.81. The van der Waals surface area contributed by atoms with Gasteiger partial charge in [-0.2, -0.15) is 0 Å². The van der Waals surface area contributed by atoms with Crippen molar-refractivity contribution >= 4 is 21.9 Å². The van der Waals surface area contributed by atoms with Crippen molar-refractivity contribution in [2.24, 2.45) is 0 Å². The van der Waals surface area contributed by atoms with E-state index < -0.39 is 5.97 Å². The first kappa shape index (κ1) is 21.7. The van der Waals surface area contributed by atoms with Gasteiger partial charge in [0.1, 0.15) is 18.1 Å². The van der Waals surface area contributed by atoms with Gasteiger partial charge in [0.2, 0.25) is 0 Å². The number of carbonyl (C=O) groups is 1. The van der Waals surface area contributed by atoms with Crippen molar-refractivity contribution in [3.05, 3.63) is 100 Å². The second-order valence-corrected chi connectivity index (χ2v) is 8.25. The van der Waals surface area contributed by atoms with Crippen LogP contribution in [0.3, 0.4) is 0 Å². The zero-order valence-electron chi connectivity index (χ0n) is 17.7. The molecule has 0 atom stereocenters. The molecule has 5 nitrogen and oxygen atoms in total. The monoisotopic (exact) mass is 491 g/mol. The van der Waals surface area contributed by atoms with Crippen molar-refractivity contribution in [2.75, 3.05) is 7.11 Å². The predicted octanol–water partition coefficient (Wildman–Crippen LogP) is 6.50. The van der Waals surface area contributed by atoms with Gasteiger partial charge in [-0.1, -0.05) is 34.1 Å². The van der Waals surface area contributed by atoms with Crippen LogP contribution in [0.15, 0.2) is 83.3 Å². The van der Waals surface area contributed by atoms with E-state index in [1.807, 2.05) is 72.2 Å². The van der Waals surface area contributed by atoms with Crippen molar-refractivity contribution in [2.45, 2.75) is 13.5 Å². The van der Waals surface area contributed by atoms with E-state index in [1.54, 1.807) is 25.3 Å². The highest BCUT2D eigenvalue weighted by Crippen LogP contribution is 2.36. The maximum atomic E-state index is 11.5. The molecule has 32 heavy (non-hydrogen) atoms. The normalized spacial score (nSPS) is 10.7. The van der Waals surface area contributed by atoms with E-state index in [9.17, 15) is 9.90 Å². The van der Waals surface area contributed by atoms with Crippen LogP contribution in [0.25, 0.3) is 16.9 Å². The highest BCUT2D eigenvalue weighted by molar-refractivity contribution is 9.10. The Morgan fingerprint density at radius 1 is 1.00 bits per heavy atom. The summed E-state index contributed by atoms with van der Waals surface area (Å²) in [4.78, 5) is 11.5. The SMILES string of the molecule is COc1cccc(COc2ccc(Br)cc2-c2ccc(C)n2-c2cccc(C(=O)O)c2)c1. The van der Waals surface area contributed by atoms with Crippen LogP contribution in [0, 0.1) is 6.92 Å². The second kappa shape index (κ2) is 9.32. The van der Waals surface area contributed by atoms with E-state index in [1.165, 1.54) is 0 Å². The largest absolute Gasteiger partial charge is 0.497 e. The Bertz CT molecular complexity index is 1280. The van der Waals surface area contributed by atoms with Crippen LogP contribution in [0.2, 0.25) is 0 Å². The van der Waals surface area contributed by atoms with Crippen molar-refractivity contribution in [1.29, 1.82) is 0 Å². The first-order valence-corrected chi connectivity index (χ1v) is 10.8. The Morgan fingerprint density at radius 3 is 2.59 bits per heavy atom. The smallest absolute Gasteiger partial charge is 0.335 e. The molecule has 1 N–H and O–H groups in total. The number of aryl methyl sites for hydroxylation is 1. The molecule has 162 valence electrons. The Morgan fingerprint density at radius 2 is 1.81 bits per heavy atom. The fourth-order valence-corrected chi connectivity index (χ4v) is 3.98. The van der Waals surface area contributed by atoms with E-state index in [4.69, 9.17) is 9.47 Å². The molecule has 6 heteroatoms. The van der Waals surface area contributed by atoms with Gasteiger partial charge in [-0.3, -0.25) is 0 Å². The van der Waals surface area contributed by atoms with Gasteiger partial charge in [0, 0.05) is 21.4 Å². The van der Waals surface area contributed by atoms with Gasteiger partial charge in [-0.15, -0.1) is 0 Å². The number of hydrogen-bond acceptors (Lipinski definition) is 3. The van der Waals surface area contributed by atoms with E-state index in [0.29, 0.717) is 6.61 Å². The summed E-state index contributed by atoms with van der Waals surface area (Å²) < 4.78 is 14.5. The molecule has 0 unspecified atom stereocenters. The molecule has 0 bridgehead atoms. The lowest BCUT2D eigenvalue weighted by molar-refractivity contribution is 0.0697. The predicted molar refractivity (Wildman–Crippen MR) is 128 cm³/mol. The molecule has 4 aromatic rings. The van der Waals surface area contributed by atoms with E-state index in [-0.39, 0.29) is 5.56 Å². The molecule has 0 aliphatic rings. The molecule has 4 rings (SSSR count). The summed E-state index contributed by atoms with van der Waals surface area (Å²) in [6, 6.07) is 24.6. The summed E-state index contributed by atoms with van der Waals surface area (Å²) in [6.07, 6.45) is 0. The molecule has 0 fully saturated rings. The molecular formula is C26H22BrNO4. The zero-order chi connectivity index (χ0) is 22.7. The van der Waals surface area contributed by atoms with Crippen molar-refractivity contribution in [3.8, 4) is 28.4 Å². The number of aromatic carboxylic acids is 1. The lowest BCUT2D eigenvalue weighted by Gasteiger charge is -2.17. The number of carboxylic acids is 1. The molecule has 1 heterocycles. The fourth-order valence-electron chi connectivity index (χ4n) is 3.62. The molecule has 0 amide bonds. The number of rotatable bonds is 7. The summed E-state index contributed by atoms with van der Waals surface area (Å²) in [7, 11) is 1.64. The third-order valence-electron chi connectivity index (χ3n) is 5.17. The number of halogens is 1. The number of methoxy groups -OCH3 is 1. The van der Waals surface area contributed by atoms with Crippen molar-refractivity contribution < 1.29 is 19.4 Å². The minimum atomic E-state index is -0.956. The van der Waals surface area contributed by atoms with Gasteiger partial charge >= 0.3 is 5.97 Å². The average molecular weight is 492 g/mol. The number of nitrogens with zero attached hydrogens (tertiary/aromatic N) is 1. The standard InChI is InChI=1S/C26H22BrNO4/c1-17-9-11-24(28(17)21-7-4-6-19(14-21)26(29)30)23-15-20(27)10-12-25(23)32-16-18-5-3-8-22(13-18)31-2/h3-15H,16H2,1-2H3,(H,29,30). The maximum absolute atomic E-state index is 11.5. The second-order valence-electron chi connectivity index (χ2n) is 7.33. The number of ether oxygens (including phenoxy) is 2. The minimum absolute atomic E-state index is 0.241. The zero-order valence-corrected chi connectivity index (χ0v) is 19.3. The average Bonchev–Trinajstić information content (AvgIpc) is 3.19. The van der Waals surface area contributed by atoms with Crippen LogP contribution in [0.5, 0.6) is 11.5 Å². The highest BCUT2D eigenvalue weighted by Gasteiger charge is 2.16. The fraction of sp³-hybridized carbons (Fsp3) is 0.115. The first-order valence-electron chi connectivity index (χ1n) is 10.0. The molecule has 0 aliphatic carbocycles. The molecule has 0 aliphatic heterocycles. The topological polar surface area (TPSA) is 60.7 Å². The Hall–Kier alpha value is -3.51. The van der Waals surface area contributed by atoms with Crippen LogP contribution in [-0.2, 0) is 6.61 Å². The molecule has 0 saturated carbocycles. The quantitative estimate of drug-likeness (QED) is 0.320. The Labute approximate surface area is 195 Å². The van der Waals surface area contributed by atoms with E-state index >= 15 is 0 Å². The summed E-state index contributed by atoms with van der Waals surface area (Å²) in [6.45, 7) is 2.38. The van der Waals surface area contributed by atoms with Crippen LogP contribution in [0.4, 0.5) is 0 Å². The minimum Gasteiger partial charge on any atom is -0.497 e. The highest BCUT2D eigenvalue weighted by atomic mass is 79.9. The van der Waals surface area contributed by atoms with Gasteiger partial charge in [-0.05, 0) is 73.2 Å². The lowest BCUT2D eigenvalue weighted by Crippen LogP contribution is -2.04. The summed E-state index contributed by atoms with van der Waals surface area (Å²) >= 11 is 3.57. The third kappa shape index (κ3) is 4.55. The molecule has 0 radical (unpaired) electrons. The van der Waals surface area contributed by atoms with E-state index in [2.05, 4.69) is 15.9 Å². The summed E-state index contributed by atoms with van der Waals surface area (Å²) in [5.74, 6) is 0.553. The van der Waals surface area contributed by atoms with Crippen molar-refractivity contribution in [3.63, 3.8) is 0 Å². The lowest BCUT2D eigenvalue weighted by atomic mass is 10.1. The molecule has 0 saturated heterocycles. The number of aromatic nitrogens is 1. The summed E-state index contributed by atoms with van der Waals surface area (Å²) in [5, 5.41) is 9.41. The maximum Gasteiger partial charge on any atom is 0.335 e. The number of benzene rings is 3. The first-order chi connectivity index (χ1) is 15.5. The molecule has 0 spiro atoms. The van der Waals surface area contributed by atoms with Gasteiger partial charge in [0.05, 0.1) is 18.4 Å². The van der Waals surface area contributed by atoms with Crippen molar-refractivity contribution in [1.82, 2.24) is 4.57 Å². The van der Waals surface area contributed by atoms with E-state index in [0.717, 1.165) is 44.2 Å². The molecular weight excluding hydrogens is 470 g/mol. The van der Waals surface area contributed by atoms with Gasteiger partial charge in [-0.25, -0.2) is 4.79 Å². The van der Waals surface area contributed by atoms with Crippen LogP contribution in [-0.4, -0.2) is 22.8 Å². The van der Waals surface area contributed by atoms with Crippen LogP contribution < -0.4 is 9.47 Å².